The van der Waals surface area contributed by atoms with Crippen molar-refractivity contribution in [3.05, 3.63) is 80.3 Å². The van der Waals surface area contributed by atoms with E-state index in [-0.39, 0.29) is 22.4 Å². The second-order valence-corrected chi connectivity index (χ2v) is 16.7. The van der Waals surface area contributed by atoms with Gasteiger partial charge in [-0.25, -0.2) is 31.3 Å². The van der Waals surface area contributed by atoms with Gasteiger partial charge in [0.1, 0.15) is 43.3 Å². The molecule has 1 N–H and O–H groups in total. The quantitative estimate of drug-likeness (QED) is 0.158. The van der Waals surface area contributed by atoms with Crippen molar-refractivity contribution < 1.29 is 39.9 Å². The summed E-state index contributed by atoms with van der Waals surface area (Å²) in [7, 11) is -1.83. The predicted molar refractivity (Wildman–Crippen MR) is 147 cm³/mol. The number of hydrogen-bond donors (Lipinski definition) is 1. The molecule has 230 valence electrons. The Morgan fingerprint density at radius 2 is 1.67 bits per heavy atom. The number of aromatic nitrogens is 3. The van der Waals surface area contributed by atoms with Crippen LogP contribution in [0.2, 0.25) is 19.6 Å². The van der Waals surface area contributed by atoms with Crippen molar-refractivity contribution >= 4 is 29.9 Å². The largest absolute Gasteiger partial charge is 0.346 e. The van der Waals surface area contributed by atoms with Crippen LogP contribution in [0, 0.1) is 23.1 Å². The first-order valence-corrected chi connectivity index (χ1v) is 17.2. The molecule has 1 aliphatic carbocycles. The van der Waals surface area contributed by atoms with Crippen LogP contribution in [0.3, 0.4) is 0 Å². The summed E-state index contributed by atoms with van der Waals surface area (Å²) in [6, 6.07) is 4.72. The molecule has 2 aromatic heterocycles. The van der Waals surface area contributed by atoms with Gasteiger partial charge in [0.05, 0.1) is 17.3 Å². The van der Waals surface area contributed by atoms with E-state index in [2.05, 4.69) is 42.8 Å². The molecule has 0 fully saturated rings. The molecule has 3 aromatic rings. The van der Waals surface area contributed by atoms with E-state index in [0.29, 0.717) is 16.2 Å². The fourth-order valence-electron chi connectivity index (χ4n) is 4.62. The minimum atomic E-state index is -4.01. The molecule has 0 saturated heterocycles. The third-order valence-electron chi connectivity index (χ3n) is 6.41. The molecule has 1 aromatic carbocycles. The third-order valence-corrected chi connectivity index (χ3v) is 7.96. The first-order valence-electron chi connectivity index (χ1n) is 13.0. The van der Waals surface area contributed by atoms with E-state index in [4.69, 9.17) is 0 Å². The van der Waals surface area contributed by atoms with E-state index >= 15 is 0 Å². The lowest BCUT2D eigenvalue weighted by Crippen LogP contribution is -2.37. The molecule has 4 rings (SSSR count). The number of nitrogens with zero attached hydrogens (tertiary/aromatic N) is 3. The number of pyridine rings is 1. The first kappa shape index (κ1) is 32.7. The molecule has 0 radical (unpaired) electrons. The number of rotatable bonds is 7. The maximum Gasteiger partial charge on any atom is 0.290 e. The van der Waals surface area contributed by atoms with Crippen molar-refractivity contribution in [2.45, 2.75) is 69.8 Å². The molecule has 0 saturated carbocycles. The van der Waals surface area contributed by atoms with Crippen LogP contribution in [-0.4, -0.2) is 28.7 Å². The van der Waals surface area contributed by atoms with E-state index in [1.54, 1.807) is 12.1 Å². The van der Waals surface area contributed by atoms with Crippen LogP contribution in [0.5, 0.6) is 0 Å². The number of amides is 1. The Morgan fingerprint density at radius 3 is 2.28 bits per heavy atom. The minimum absolute atomic E-state index is 0.0951. The molecule has 15 heteroatoms. The summed E-state index contributed by atoms with van der Waals surface area (Å²) in [5.41, 5.74) is -0.869. The smallest absolute Gasteiger partial charge is 0.290 e. The maximum absolute atomic E-state index is 14.8. The lowest BCUT2D eigenvalue weighted by molar-refractivity contribution is -0.123. The molecule has 0 spiro atoms. The number of carbonyl (C=O) groups excluding carboxylic acids is 1. The number of hydrogen-bond acceptors (Lipinski definition) is 3. The predicted octanol–water partition coefficient (Wildman–Crippen LogP) is 7.56. The van der Waals surface area contributed by atoms with Gasteiger partial charge in [0, 0.05) is 23.4 Å². The number of alkyl halides is 6. The molecule has 43 heavy (non-hydrogen) atoms. The van der Waals surface area contributed by atoms with Gasteiger partial charge < -0.3 is 5.32 Å². The van der Waals surface area contributed by atoms with Gasteiger partial charge >= 0.3 is 0 Å². The van der Waals surface area contributed by atoms with Crippen LogP contribution >= 0.6 is 15.9 Å². The molecule has 0 bridgehead atoms. The fraction of sp³-hybridized carbons (Fsp3) is 0.393. The van der Waals surface area contributed by atoms with Crippen molar-refractivity contribution in [2.75, 3.05) is 0 Å². The number of fused-ring (bicyclic) bond motifs is 1. The van der Waals surface area contributed by atoms with Crippen LogP contribution in [0.15, 0.2) is 34.8 Å². The first-order chi connectivity index (χ1) is 19.9. The number of benzene rings is 1. The highest BCUT2D eigenvalue weighted by molar-refractivity contribution is 9.10. The van der Waals surface area contributed by atoms with E-state index in [9.17, 15) is 39.9 Å². The second kappa shape index (κ2) is 12.0. The third kappa shape index (κ3) is 7.64. The zero-order valence-electron chi connectivity index (χ0n) is 23.0. The molecule has 1 amide bonds. The van der Waals surface area contributed by atoms with Gasteiger partial charge in [0.2, 0.25) is 5.91 Å². The number of carbonyl (C=O) groups is 1. The van der Waals surface area contributed by atoms with E-state index in [0.717, 1.165) is 12.1 Å². The summed E-state index contributed by atoms with van der Waals surface area (Å²) < 4.78 is 114. The van der Waals surface area contributed by atoms with E-state index in [1.807, 2.05) is 19.6 Å². The van der Waals surface area contributed by atoms with Crippen LogP contribution < -0.4 is 5.32 Å². The SMILES string of the molecule is C[Si](C)(C)C#Cc1ccc(Br)c([C@H](Cc2cc(F)cc(F)c2)NC(=O)Cn2nc(C(F)F)c3c2C(F)(F)CCC3(F)F)n1. The normalized spacial score (nSPS) is 16.3. The van der Waals surface area contributed by atoms with Gasteiger partial charge in [-0.1, -0.05) is 25.6 Å². The van der Waals surface area contributed by atoms with Crippen LogP contribution in [0.25, 0.3) is 0 Å². The van der Waals surface area contributed by atoms with Gasteiger partial charge in [-0.2, -0.15) is 13.9 Å². The van der Waals surface area contributed by atoms with Gasteiger partial charge in [-0.15, -0.1) is 5.54 Å². The lowest BCUT2D eigenvalue weighted by Gasteiger charge is -2.29. The van der Waals surface area contributed by atoms with E-state index < -0.39 is 86.3 Å². The summed E-state index contributed by atoms with van der Waals surface area (Å²) in [5.74, 6) is -7.88. The van der Waals surface area contributed by atoms with Gasteiger partial charge in [0.25, 0.3) is 18.3 Å². The molecule has 5 nitrogen and oxygen atoms in total. The Bertz CT molecular complexity index is 1590. The molecular formula is C28H25BrF8N4OSi. The van der Waals surface area contributed by atoms with Gasteiger partial charge in [-0.3, -0.25) is 9.48 Å². The highest BCUT2D eigenvalue weighted by Crippen LogP contribution is 2.52. The summed E-state index contributed by atoms with van der Waals surface area (Å²) in [6.45, 7) is 4.90. The topological polar surface area (TPSA) is 59.8 Å². The zero-order chi connectivity index (χ0) is 31.9. The molecular weight excluding hydrogens is 668 g/mol. The summed E-state index contributed by atoms with van der Waals surface area (Å²) in [6.07, 6.45) is -6.55. The molecule has 1 aliphatic rings. The highest BCUT2D eigenvalue weighted by atomic mass is 79.9. The van der Waals surface area contributed by atoms with Gasteiger partial charge in [-0.05, 0) is 52.2 Å². The number of halogens is 9. The Kier molecular flexibility index (Phi) is 9.14. The fourth-order valence-corrected chi connectivity index (χ4v) is 5.62. The Balaban J connectivity index is 1.74. The summed E-state index contributed by atoms with van der Waals surface area (Å²) in [4.78, 5) is 17.7. The zero-order valence-corrected chi connectivity index (χ0v) is 25.6. The van der Waals surface area contributed by atoms with Crippen molar-refractivity contribution in [3.63, 3.8) is 0 Å². The highest BCUT2D eigenvalue weighted by Gasteiger charge is 2.55. The van der Waals surface area contributed by atoms with Crippen molar-refractivity contribution in [1.82, 2.24) is 20.1 Å². The van der Waals surface area contributed by atoms with Crippen molar-refractivity contribution in [2.24, 2.45) is 0 Å². The number of nitrogens with one attached hydrogen (secondary N) is 1. The van der Waals surface area contributed by atoms with E-state index in [1.165, 1.54) is 0 Å². The van der Waals surface area contributed by atoms with Crippen LogP contribution in [-0.2, 0) is 29.6 Å². The standard InChI is InChI=1S/C28H25BrF8N4OSi/c1-43(2,3)9-6-18-4-5-19(29)23(38-18)20(12-15-10-16(30)13-17(31)11-15)39-21(42)14-41-25-22(24(40-41)26(32)33)27(34,35)7-8-28(25,36)37/h4-5,10-11,13,20,26H,7-8,12,14H2,1-3H3,(H,39,42)/t20-/m0/s1. The second-order valence-electron chi connectivity index (χ2n) is 11.1. The molecule has 1 atom stereocenters. The molecule has 0 unspecified atom stereocenters. The Morgan fingerprint density at radius 1 is 1.05 bits per heavy atom. The summed E-state index contributed by atoms with van der Waals surface area (Å²) >= 11 is 3.33. The Hall–Kier alpha value is -3.25. The lowest BCUT2D eigenvalue weighted by atomic mass is 9.89. The summed E-state index contributed by atoms with van der Waals surface area (Å²) in [5, 5.41) is 5.80. The molecule has 2 heterocycles. The average molecular weight is 694 g/mol. The van der Waals surface area contributed by atoms with Crippen LogP contribution in [0.1, 0.15) is 59.2 Å². The van der Waals surface area contributed by atoms with Gasteiger partial charge in [0.15, 0.2) is 0 Å². The van der Waals surface area contributed by atoms with Crippen molar-refractivity contribution in [1.29, 1.82) is 0 Å². The monoisotopic (exact) mass is 692 g/mol. The Labute approximate surface area is 251 Å². The average Bonchev–Trinajstić information content (AvgIpc) is 3.27. The molecule has 0 aliphatic heterocycles. The maximum atomic E-state index is 14.8. The van der Waals surface area contributed by atoms with Crippen LogP contribution in [0.4, 0.5) is 35.1 Å². The minimum Gasteiger partial charge on any atom is -0.346 e. The van der Waals surface area contributed by atoms with Crippen molar-refractivity contribution in [3.8, 4) is 11.5 Å².